The van der Waals surface area contributed by atoms with Gasteiger partial charge >= 0.3 is 0 Å². The molecule has 2 atom stereocenters. The fourth-order valence-electron chi connectivity index (χ4n) is 2.52. The summed E-state index contributed by atoms with van der Waals surface area (Å²) in [6.07, 6.45) is 1.83. The van der Waals surface area contributed by atoms with E-state index in [9.17, 15) is 5.11 Å². The molecular weight excluding hydrogens is 200 g/mol. The molecular formula is C14H20O2. The maximum atomic E-state index is 10.6. The van der Waals surface area contributed by atoms with Crippen LogP contribution in [0.4, 0.5) is 0 Å². The van der Waals surface area contributed by atoms with Crippen LogP contribution in [-0.4, -0.2) is 18.3 Å². The average Bonchev–Trinajstić information content (AvgIpc) is 2.32. The summed E-state index contributed by atoms with van der Waals surface area (Å²) in [6, 6.07) is 8.19. The minimum atomic E-state index is -0.779. The Balaban J connectivity index is 2.33. The number of aliphatic hydroxyl groups is 1. The molecule has 1 aliphatic rings. The molecule has 88 valence electrons. The van der Waals surface area contributed by atoms with Crippen molar-refractivity contribution in [3.8, 4) is 0 Å². The van der Waals surface area contributed by atoms with Crippen LogP contribution >= 0.6 is 0 Å². The highest BCUT2D eigenvalue weighted by atomic mass is 16.5. The molecule has 1 N–H and O–H groups in total. The highest BCUT2D eigenvalue weighted by molar-refractivity contribution is 5.37. The van der Waals surface area contributed by atoms with Crippen LogP contribution in [0.2, 0.25) is 0 Å². The average molecular weight is 220 g/mol. The maximum Gasteiger partial charge on any atom is 0.113 e. The lowest BCUT2D eigenvalue weighted by atomic mass is 9.75. The summed E-state index contributed by atoms with van der Waals surface area (Å²) in [5.74, 6) is 0.540. The van der Waals surface area contributed by atoms with Crippen LogP contribution in [0.15, 0.2) is 24.3 Å². The Morgan fingerprint density at radius 2 is 2.19 bits per heavy atom. The van der Waals surface area contributed by atoms with Crippen LogP contribution < -0.4 is 0 Å². The lowest BCUT2D eigenvalue weighted by molar-refractivity contribution is -0.0608. The highest BCUT2D eigenvalue weighted by Gasteiger charge is 2.36. The third kappa shape index (κ3) is 2.00. The van der Waals surface area contributed by atoms with Gasteiger partial charge in [-0.15, -0.1) is 0 Å². The zero-order valence-electron chi connectivity index (χ0n) is 10.1. The van der Waals surface area contributed by atoms with Crippen molar-refractivity contribution in [2.45, 2.75) is 38.2 Å². The normalized spacial score (nSPS) is 28.8. The number of rotatable bonds is 3. The van der Waals surface area contributed by atoms with E-state index in [1.165, 1.54) is 5.56 Å². The zero-order valence-corrected chi connectivity index (χ0v) is 10.1. The Kier molecular flexibility index (Phi) is 3.31. The molecule has 2 rings (SSSR count). The molecule has 2 heteroatoms. The van der Waals surface area contributed by atoms with Gasteiger partial charge in [-0.1, -0.05) is 31.2 Å². The van der Waals surface area contributed by atoms with Crippen molar-refractivity contribution in [1.29, 1.82) is 0 Å². The van der Waals surface area contributed by atoms with E-state index in [0.717, 1.165) is 18.4 Å². The number of benzene rings is 1. The monoisotopic (exact) mass is 220 g/mol. The molecule has 0 heterocycles. The van der Waals surface area contributed by atoms with Crippen LogP contribution in [0.1, 0.15) is 43.7 Å². The third-order valence-electron chi connectivity index (χ3n) is 3.53. The van der Waals surface area contributed by atoms with Gasteiger partial charge in [-0.2, -0.15) is 0 Å². The molecule has 2 nitrogen and oxygen atoms in total. The molecule has 1 aliphatic carbocycles. The Morgan fingerprint density at radius 3 is 2.94 bits per heavy atom. The van der Waals surface area contributed by atoms with Gasteiger partial charge in [-0.05, 0) is 36.8 Å². The van der Waals surface area contributed by atoms with E-state index in [2.05, 4.69) is 13.0 Å². The summed E-state index contributed by atoms with van der Waals surface area (Å²) in [7, 11) is 0. The van der Waals surface area contributed by atoms with E-state index in [-0.39, 0.29) is 0 Å². The SMILES string of the molecule is CCOCC1(O)CCC(C)c2ccccc21. The van der Waals surface area contributed by atoms with E-state index in [4.69, 9.17) is 4.74 Å². The molecule has 1 aromatic carbocycles. The van der Waals surface area contributed by atoms with Crippen LogP contribution in [0.3, 0.4) is 0 Å². The van der Waals surface area contributed by atoms with Gasteiger partial charge in [0.05, 0.1) is 6.61 Å². The van der Waals surface area contributed by atoms with Gasteiger partial charge in [0.1, 0.15) is 5.60 Å². The van der Waals surface area contributed by atoms with Crippen molar-refractivity contribution in [2.24, 2.45) is 0 Å². The minimum Gasteiger partial charge on any atom is -0.383 e. The van der Waals surface area contributed by atoms with Crippen LogP contribution in [0.5, 0.6) is 0 Å². The van der Waals surface area contributed by atoms with Crippen LogP contribution in [0, 0.1) is 0 Å². The maximum absolute atomic E-state index is 10.6. The van der Waals surface area contributed by atoms with Crippen molar-refractivity contribution in [3.05, 3.63) is 35.4 Å². The molecule has 0 spiro atoms. The molecule has 16 heavy (non-hydrogen) atoms. The second kappa shape index (κ2) is 4.56. The molecule has 2 unspecified atom stereocenters. The summed E-state index contributed by atoms with van der Waals surface area (Å²) < 4.78 is 5.42. The van der Waals surface area contributed by atoms with Crippen molar-refractivity contribution in [3.63, 3.8) is 0 Å². The standard InChI is InChI=1S/C14H20O2/c1-3-16-10-14(15)9-8-11(2)12-6-4-5-7-13(12)14/h4-7,11,15H,3,8-10H2,1-2H3. The molecule has 0 radical (unpaired) electrons. The van der Waals surface area contributed by atoms with Gasteiger partial charge < -0.3 is 9.84 Å². The third-order valence-corrected chi connectivity index (χ3v) is 3.53. The van der Waals surface area contributed by atoms with Gasteiger partial charge in [0.2, 0.25) is 0 Å². The van der Waals surface area contributed by atoms with E-state index in [1.807, 2.05) is 25.1 Å². The molecule has 1 aromatic rings. The molecule has 0 amide bonds. The fraction of sp³-hybridized carbons (Fsp3) is 0.571. The first-order chi connectivity index (χ1) is 7.67. The summed E-state index contributed by atoms with van der Waals surface area (Å²) >= 11 is 0. The van der Waals surface area contributed by atoms with Crippen molar-refractivity contribution in [1.82, 2.24) is 0 Å². The predicted octanol–water partition coefficient (Wildman–Crippen LogP) is 2.81. The molecule has 0 saturated heterocycles. The fourth-order valence-corrected chi connectivity index (χ4v) is 2.52. The summed E-state index contributed by atoms with van der Waals surface area (Å²) in [6.45, 7) is 5.24. The summed E-state index contributed by atoms with van der Waals surface area (Å²) in [5.41, 5.74) is 1.55. The first kappa shape index (κ1) is 11.6. The Bertz CT molecular complexity index is 362. The van der Waals surface area contributed by atoms with E-state index in [1.54, 1.807) is 0 Å². The van der Waals surface area contributed by atoms with Gasteiger partial charge in [0.25, 0.3) is 0 Å². The van der Waals surface area contributed by atoms with Crippen LogP contribution in [-0.2, 0) is 10.3 Å². The first-order valence-corrected chi connectivity index (χ1v) is 6.07. The molecule has 0 aromatic heterocycles. The second-order valence-electron chi connectivity index (χ2n) is 4.70. The van der Waals surface area contributed by atoms with Gasteiger partial charge in [-0.3, -0.25) is 0 Å². The molecule has 0 saturated carbocycles. The minimum absolute atomic E-state index is 0.410. The number of ether oxygens (including phenoxy) is 1. The van der Waals surface area contributed by atoms with Gasteiger partial charge in [0.15, 0.2) is 0 Å². The number of fused-ring (bicyclic) bond motifs is 1. The molecule has 0 aliphatic heterocycles. The van der Waals surface area contributed by atoms with Crippen molar-refractivity contribution < 1.29 is 9.84 Å². The van der Waals surface area contributed by atoms with Crippen LogP contribution in [0.25, 0.3) is 0 Å². The predicted molar refractivity (Wildman–Crippen MR) is 64.5 cm³/mol. The smallest absolute Gasteiger partial charge is 0.113 e. The lowest BCUT2D eigenvalue weighted by Crippen LogP contribution is -2.36. The Labute approximate surface area is 97.3 Å². The second-order valence-corrected chi connectivity index (χ2v) is 4.70. The quantitative estimate of drug-likeness (QED) is 0.848. The summed E-state index contributed by atoms with van der Waals surface area (Å²) in [5, 5.41) is 10.6. The summed E-state index contributed by atoms with van der Waals surface area (Å²) in [4.78, 5) is 0. The number of hydrogen-bond acceptors (Lipinski definition) is 2. The topological polar surface area (TPSA) is 29.5 Å². The van der Waals surface area contributed by atoms with E-state index >= 15 is 0 Å². The van der Waals surface area contributed by atoms with E-state index < -0.39 is 5.60 Å². The molecule has 0 bridgehead atoms. The lowest BCUT2D eigenvalue weighted by Gasteiger charge is -2.37. The number of hydrogen-bond donors (Lipinski definition) is 1. The van der Waals surface area contributed by atoms with Gasteiger partial charge in [0, 0.05) is 6.61 Å². The van der Waals surface area contributed by atoms with E-state index in [0.29, 0.717) is 19.1 Å². The van der Waals surface area contributed by atoms with Gasteiger partial charge in [-0.25, -0.2) is 0 Å². The molecule has 0 fully saturated rings. The van der Waals surface area contributed by atoms with Crippen molar-refractivity contribution in [2.75, 3.05) is 13.2 Å². The Morgan fingerprint density at radius 1 is 1.44 bits per heavy atom. The first-order valence-electron chi connectivity index (χ1n) is 6.07. The van der Waals surface area contributed by atoms with Crippen molar-refractivity contribution >= 4 is 0 Å². The largest absolute Gasteiger partial charge is 0.383 e. The zero-order chi connectivity index (χ0) is 11.6. The Hall–Kier alpha value is -0.860. The highest BCUT2D eigenvalue weighted by Crippen LogP contribution is 2.41.